The van der Waals surface area contributed by atoms with Crippen molar-refractivity contribution in [2.75, 3.05) is 31.5 Å². The van der Waals surface area contributed by atoms with Gasteiger partial charge in [0.25, 0.3) is 5.69 Å². The highest BCUT2D eigenvalue weighted by atomic mass is 32.2. The minimum atomic E-state index is -3.56. The lowest BCUT2D eigenvalue weighted by atomic mass is 10.2. The molecule has 0 atom stereocenters. The Morgan fingerprint density at radius 1 is 1.17 bits per heavy atom. The third-order valence-electron chi connectivity index (χ3n) is 4.16. The van der Waals surface area contributed by atoms with E-state index in [-0.39, 0.29) is 42.1 Å². The molecule has 0 saturated heterocycles. The van der Waals surface area contributed by atoms with E-state index >= 15 is 0 Å². The number of fused-ring (bicyclic) bond motifs is 1. The molecule has 1 heterocycles. The molecule has 1 amide bonds. The second-order valence-electron chi connectivity index (χ2n) is 6.37. The van der Waals surface area contributed by atoms with Crippen LogP contribution in [-0.4, -0.2) is 45.4 Å². The number of nitrogens with one attached hydrogen (secondary N) is 2. The minimum absolute atomic E-state index is 0.137. The van der Waals surface area contributed by atoms with Crippen LogP contribution in [0, 0.1) is 10.1 Å². The Morgan fingerprint density at radius 2 is 1.93 bits per heavy atom. The zero-order chi connectivity index (χ0) is 21.7. The van der Waals surface area contributed by atoms with Crippen LogP contribution < -0.4 is 20.1 Å². The normalized spacial score (nSPS) is 12.7. The summed E-state index contributed by atoms with van der Waals surface area (Å²) in [7, 11) is -3.56. The van der Waals surface area contributed by atoms with Crippen molar-refractivity contribution in [3.8, 4) is 11.5 Å². The molecule has 30 heavy (non-hydrogen) atoms. The van der Waals surface area contributed by atoms with Gasteiger partial charge in [-0.25, -0.2) is 8.42 Å². The first kappa shape index (κ1) is 21.1. The molecular weight excluding hydrogens is 414 g/mol. The van der Waals surface area contributed by atoms with Crippen molar-refractivity contribution in [2.45, 2.75) is 4.90 Å². The Morgan fingerprint density at radius 3 is 2.67 bits per heavy atom. The molecule has 2 aromatic rings. The van der Waals surface area contributed by atoms with E-state index in [9.17, 15) is 23.3 Å². The van der Waals surface area contributed by atoms with Gasteiger partial charge >= 0.3 is 0 Å². The molecule has 3 rings (SSSR count). The van der Waals surface area contributed by atoms with Crippen LogP contribution in [-0.2, 0) is 14.6 Å². The average molecular weight is 433 g/mol. The molecule has 158 valence electrons. The van der Waals surface area contributed by atoms with E-state index < -0.39 is 14.8 Å². The van der Waals surface area contributed by atoms with Gasteiger partial charge in [-0.15, -0.1) is 0 Å². The predicted molar refractivity (Wildman–Crippen MR) is 109 cm³/mol. The van der Waals surface area contributed by atoms with Gasteiger partial charge in [-0.3, -0.25) is 14.9 Å². The molecular formula is C19H19N3O7S. The number of nitro benzene ring substituents is 1. The molecule has 0 fully saturated rings. The molecule has 0 radical (unpaired) electrons. The van der Waals surface area contributed by atoms with Crippen molar-refractivity contribution < 1.29 is 27.6 Å². The number of hydrogen-bond acceptors (Lipinski definition) is 8. The maximum atomic E-state index is 11.9. The van der Waals surface area contributed by atoms with Crippen molar-refractivity contribution >= 4 is 33.2 Å². The van der Waals surface area contributed by atoms with Crippen molar-refractivity contribution in [1.29, 1.82) is 0 Å². The van der Waals surface area contributed by atoms with Gasteiger partial charge in [0.05, 0.1) is 9.82 Å². The highest BCUT2D eigenvalue weighted by Crippen LogP contribution is 2.32. The fourth-order valence-corrected chi connectivity index (χ4v) is 3.31. The van der Waals surface area contributed by atoms with Crippen LogP contribution in [0.2, 0.25) is 0 Å². The molecule has 1 aliphatic heterocycles. The van der Waals surface area contributed by atoms with E-state index in [0.29, 0.717) is 11.5 Å². The van der Waals surface area contributed by atoms with Crippen LogP contribution in [0.1, 0.15) is 5.56 Å². The van der Waals surface area contributed by atoms with Gasteiger partial charge in [0.2, 0.25) is 12.7 Å². The lowest BCUT2D eigenvalue weighted by molar-refractivity contribution is -0.384. The Hall–Kier alpha value is -3.60. The first-order valence-corrected chi connectivity index (χ1v) is 10.7. The first-order chi connectivity index (χ1) is 14.2. The number of carbonyl (C=O) groups excluding carboxylic acids is 1. The molecule has 2 N–H and O–H groups in total. The molecule has 0 spiro atoms. The van der Waals surface area contributed by atoms with E-state index in [1.165, 1.54) is 18.2 Å². The number of ether oxygens (including phenoxy) is 2. The maximum Gasteiger partial charge on any atom is 0.293 e. The van der Waals surface area contributed by atoms with Crippen molar-refractivity contribution in [3.05, 3.63) is 58.2 Å². The highest BCUT2D eigenvalue weighted by Gasteiger charge is 2.18. The summed E-state index contributed by atoms with van der Waals surface area (Å²) in [5.41, 5.74) is 0.582. The molecule has 0 bridgehead atoms. The SMILES string of the molecule is CS(=O)(=O)c1ccc(NCCNC(=O)/C=C/c2ccc3c(c2)OCO3)c([N+](=O)[O-])c1. The predicted octanol–water partition coefficient (Wildman–Crippen LogP) is 1.97. The van der Waals surface area contributed by atoms with Gasteiger partial charge in [-0.05, 0) is 35.9 Å². The summed E-state index contributed by atoms with van der Waals surface area (Å²) < 4.78 is 33.6. The summed E-state index contributed by atoms with van der Waals surface area (Å²) in [6.07, 6.45) is 3.96. The summed E-state index contributed by atoms with van der Waals surface area (Å²) in [4.78, 5) is 22.3. The topological polar surface area (TPSA) is 137 Å². The van der Waals surface area contributed by atoms with E-state index in [0.717, 1.165) is 17.9 Å². The number of carbonyl (C=O) groups is 1. The maximum absolute atomic E-state index is 11.9. The third-order valence-corrected chi connectivity index (χ3v) is 5.27. The fraction of sp³-hybridized carbons (Fsp3) is 0.211. The third kappa shape index (κ3) is 5.26. The smallest absolute Gasteiger partial charge is 0.293 e. The Balaban J connectivity index is 1.52. The Labute approximate surface area is 172 Å². The van der Waals surface area contributed by atoms with E-state index in [4.69, 9.17) is 9.47 Å². The van der Waals surface area contributed by atoms with E-state index in [1.807, 2.05) is 0 Å². The van der Waals surface area contributed by atoms with Crippen molar-refractivity contribution in [3.63, 3.8) is 0 Å². The largest absolute Gasteiger partial charge is 0.454 e. The second kappa shape index (κ2) is 8.82. The summed E-state index contributed by atoms with van der Waals surface area (Å²) in [6.45, 7) is 0.586. The molecule has 10 nitrogen and oxygen atoms in total. The van der Waals surface area contributed by atoms with Crippen LogP contribution in [0.25, 0.3) is 6.08 Å². The minimum Gasteiger partial charge on any atom is -0.454 e. The lowest BCUT2D eigenvalue weighted by Crippen LogP contribution is -2.27. The van der Waals surface area contributed by atoms with Gasteiger partial charge in [0.1, 0.15) is 5.69 Å². The summed E-state index contributed by atoms with van der Waals surface area (Å²) in [5.74, 6) is 0.933. The number of sulfone groups is 1. The number of hydrogen-bond donors (Lipinski definition) is 2. The number of amides is 1. The molecule has 0 aliphatic carbocycles. The monoisotopic (exact) mass is 433 g/mol. The molecule has 2 aromatic carbocycles. The Bertz CT molecular complexity index is 1110. The molecule has 1 aliphatic rings. The molecule has 0 unspecified atom stereocenters. The summed E-state index contributed by atoms with van der Waals surface area (Å²) in [5, 5.41) is 16.7. The second-order valence-corrected chi connectivity index (χ2v) is 8.39. The van der Waals surface area contributed by atoms with Gasteiger partial charge < -0.3 is 20.1 Å². The van der Waals surface area contributed by atoms with Gasteiger partial charge in [-0.2, -0.15) is 0 Å². The molecule has 0 aromatic heterocycles. The number of nitrogens with zero attached hydrogens (tertiary/aromatic N) is 1. The average Bonchev–Trinajstić information content (AvgIpc) is 3.16. The van der Waals surface area contributed by atoms with Gasteiger partial charge in [-0.1, -0.05) is 6.07 Å². The molecule has 0 saturated carbocycles. The van der Waals surface area contributed by atoms with Crippen LogP contribution >= 0.6 is 0 Å². The zero-order valence-corrected chi connectivity index (χ0v) is 16.8. The quantitative estimate of drug-likeness (QED) is 0.279. The molecule has 11 heteroatoms. The van der Waals surface area contributed by atoms with Crippen molar-refractivity contribution in [1.82, 2.24) is 5.32 Å². The zero-order valence-electron chi connectivity index (χ0n) is 16.0. The van der Waals surface area contributed by atoms with Crippen molar-refractivity contribution in [2.24, 2.45) is 0 Å². The van der Waals surface area contributed by atoms with Crippen LogP contribution in [0.5, 0.6) is 11.5 Å². The fourth-order valence-electron chi connectivity index (χ4n) is 2.67. The van der Waals surface area contributed by atoms with Crippen LogP contribution in [0.3, 0.4) is 0 Å². The number of rotatable bonds is 8. The number of benzene rings is 2. The van der Waals surface area contributed by atoms with E-state index in [2.05, 4.69) is 10.6 Å². The number of anilines is 1. The highest BCUT2D eigenvalue weighted by molar-refractivity contribution is 7.90. The summed E-state index contributed by atoms with van der Waals surface area (Å²) >= 11 is 0. The van der Waals surface area contributed by atoms with Gasteiger partial charge in [0, 0.05) is 31.5 Å². The Kier molecular flexibility index (Phi) is 6.21. The number of nitro groups is 1. The summed E-state index contributed by atoms with van der Waals surface area (Å²) in [6, 6.07) is 8.93. The lowest BCUT2D eigenvalue weighted by Gasteiger charge is -2.08. The first-order valence-electron chi connectivity index (χ1n) is 8.82. The van der Waals surface area contributed by atoms with E-state index in [1.54, 1.807) is 24.3 Å². The van der Waals surface area contributed by atoms with Crippen LogP contribution in [0.15, 0.2) is 47.4 Å². The standard InChI is InChI=1S/C19H19N3O7S/c1-30(26,27)14-4-5-15(16(11-14)22(24)25)20-8-9-21-19(23)7-3-13-2-6-17-18(10-13)29-12-28-17/h2-7,10-11,20H,8-9,12H2,1H3,(H,21,23)/b7-3+. The van der Waals surface area contributed by atoms with Gasteiger partial charge in [0.15, 0.2) is 21.3 Å². The van der Waals surface area contributed by atoms with Crippen LogP contribution in [0.4, 0.5) is 11.4 Å².